The lowest BCUT2D eigenvalue weighted by molar-refractivity contribution is -0.116. The zero-order valence-corrected chi connectivity index (χ0v) is 16.5. The Morgan fingerprint density at radius 2 is 1.83 bits per heavy atom. The molecule has 1 aliphatic rings. The number of hydrogen-bond donors (Lipinski definition) is 2. The van der Waals surface area contributed by atoms with Crippen LogP contribution < -0.4 is 14.8 Å². The number of rotatable bonds is 8. The third-order valence-electron chi connectivity index (χ3n) is 4.57. The first kappa shape index (κ1) is 21.2. The molecule has 0 aromatic heterocycles. The number of hydrogen-bond acceptors (Lipinski definition) is 4. The molecule has 0 heterocycles. The molecule has 0 unspecified atom stereocenters. The van der Waals surface area contributed by atoms with Gasteiger partial charge in [-0.05, 0) is 56.0 Å². The van der Waals surface area contributed by atoms with Crippen LogP contribution in [0.3, 0.4) is 0 Å². The third kappa shape index (κ3) is 5.98. The Balaban J connectivity index is 1.50. The van der Waals surface area contributed by atoms with Crippen molar-refractivity contribution in [2.75, 3.05) is 11.9 Å². The summed E-state index contributed by atoms with van der Waals surface area (Å²) < 4.78 is 58.4. The highest BCUT2D eigenvalue weighted by Crippen LogP contribution is 2.25. The average Bonchev–Trinajstić information content (AvgIpc) is 3.17. The first-order chi connectivity index (χ1) is 13.8. The molecule has 156 valence electrons. The smallest absolute Gasteiger partial charge is 0.240 e. The van der Waals surface area contributed by atoms with Gasteiger partial charge in [-0.15, -0.1) is 0 Å². The van der Waals surface area contributed by atoms with Crippen LogP contribution in [-0.2, 0) is 14.8 Å². The van der Waals surface area contributed by atoms with Crippen molar-refractivity contribution in [2.24, 2.45) is 0 Å². The largest absolute Gasteiger partial charge is 0.490 e. The Kier molecular flexibility index (Phi) is 6.81. The Morgan fingerprint density at radius 3 is 2.55 bits per heavy atom. The summed E-state index contributed by atoms with van der Waals surface area (Å²) in [5.74, 6) is -2.11. The maximum absolute atomic E-state index is 13.2. The minimum atomic E-state index is -4.04. The van der Waals surface area contributed by atoms with Crippen molar-refractivity contribution in [3.8, 4) is 5.75 Å². The number of anilines is 1. The fourth-order valence-electron chi connectivity index (χ4n) is 3.10. The van der Waals surface area contributed by atoms with E-state index in [1.54, 1.807) is 18.2 Å². The molecule has 0 spiro atoms. The number of benzene rings is 2. The van der Waals surface area contributed by atoms with E-state index in [1.807, 2.05) is 6.07 Å². The lowest BCUT2D eigenvalue weighted by Gasteiger charge is -2.14. The molecule has 1 aliphatic carbocycles. The fourth-order valence-corrected chi connectivity index (χ4v) is 4.14. The number of halogens is 2. The zero-order chi connectivity index (χ0) is 20.9. The third-order valence-corrected chi connectivity index (χ3v) is 6.03. The lowest BCUT2D eigenvalue weighted by Crippen LogP contribution is -2.28. The summed E-state index contributed by atoms with van der Waals surface area (Å²) in [6.45, 7) is -0.189. The average molecular weight is 424 g/mol. The van der Waals surface area contributed by atoms with E-state index < -0.39 is 32.5 Å². The van der Waals surface area contributed by atoms with Crippen molar-refractivity contribution in [3.63, 3.8) is 0 Å². The van der Waals surface area contributed by atoms with Gasteiger partial charge in [0.2, 0.25) is 15.9 Å². The second-order valence-corrected chi connectivity index (χ2v) is 8.59. The van der Waals surface area contributed by atoms with Gasteiger partial charge in [0.25, 0.3) is 0 Å². The van der Waals surface area contributed by atoms with Crippen LogP contribution in [0.25, 0.3) is 0 Å². The predicted molar refractivity (Wildman–Crippen MR) is 104 cm³/mol. The molecule has 2 aromatic rings. The van der Waals surface area contributed by atoms with Gasteiger partial charge in [0, 0.05) is 24.7 Å². The fraction of sp³-hybridized carbons (Fsp3) is 0.350. The Bertz CT molecular complexity index is 976. The summed E-state index contributed by atoms with van der Waals surface area (Å²) in [4.78, 5) is 11.7. The molecular weight excluding hydrogens is 402 g/mol. The number of sulfonamides is 1. The molecule has 9 heteroatoms. The minimum Gasteiger partial charge on any atom is -0.490 e. The number of carbonyl (C=O) groups is 1. The zero-order valence-electron chi connectivity index (χ0n) is 15.7. The van der Waals surface area contributed by atoms with E-state index in [0.29, 0.717) is 17.5 Å². The van der Waals surface area contributed by atoms with Gasteiger partial charge in [0.05, 0.1) is 11.0 Å². The van der Waals surface area contributed by atoms with E-state index in [-0.39, 0.29) is 19.1 Å². The Labute approximate surface area is 168 Å². The van der Waals surface area contributed by atoms with Crippen molar-refractivity contribution >= 4 is 21.6 Å². The SMILES string of the molecule is O=C(CCNS(=O)(=O)c1ccc(F)c(F)c1)Nc1cccc(OC2CCCC2)c1. The van der Waals surface area contributed by atoms with Crippen LogP contribution in [0.1, 0.15) is 32.1 Å². The van der Waals surface area contributed by atoms with Gasteiger partial charge in [-0.25, -0.2) is 21.9 Å². The molecule has 0 atom stereocenters. The Hall–Kier alpha value is -2.52. The first-order valence-corrected chi connectivity index (χ1v) is 10.8. The Morgan fingerprint density at radius 1 is 1.07 bits per heavy atom. The molecule has 1 saturated carbocycles. The van der Waals surface area contributed by atoms with Gasteiger partial charge in [-0.1, -0.05) is 6.07 Å². The summed E-state index contributed by atoms with van der Waals surface area (Å²) in [6.07, 6.45) is 4.43. The number of amides is 1. The van der Waals surface area contributed by atoms with Crippen LogP contribution in [0.5, 0.6) is 5.75 Å². The van der Waals surface area contributed by atoms with Crippen LogP contribution in [0.15, 0.2) is 47.4 Å². The summed E-state index contributed by atoms with van der Waals surface area (Å²) in [5, 5.41) is 2.69. The number of nitrogens with one attached hydrogen (secondary N) is 2. The minimum absolute atomic E-state index is 0.128. The van der Waals surface area contributed by atoms with E-state index in [0.717, 1.165) is 37.8 Å². The highest BCUT2D eigenvalue weighted by Gasteiger charge is 2.18. The van der Waals surface area contributed by atoms with Crippen molar-refractivity contribution < 1.29 is 26.7 Å². The lowest BCUT2D eigenvalue weighted by atomic mass is 10.2. The van der Waals surface area contributed by atoms with Gasteiger partial charge in [0.15, 0.2) is 11.6 Å². The van der Waals surface area contributed by atoms with Crippen LogP contribution in [-0.4, -0.2) is 27.0 Å². The number of carbonyl (C=O) groups excluding carboxylic acids is 1. The first-order valence-electron chi connectivity index (χ1n) is 9.35. The number of ether oxygens (including phenoxy) is 1. The van der Waals surface area contributed by atoms with Gasteiger partial charge < -0.3 is 10.1 Å². The standard InChI is InChI=1S/C20H22F2N2O4S/c21-18-9-8-17(13-19(18)22)29(26,27)23-11-10-20(25)24-14-4-3-7-16(12-14)28-15-5-1-2-6-15/h3-4,7-9,12-13,15,23H,1-2,5-6,10-11H2,(H,24,25). The molecule has 1 amide bonds. The van der Waals surface area contributed by atoms with E-state index in [9.17, 15) is 22.0 Å². The van der Waals surface area contributed by atoms with Gasteiger partial charge in [-0.3, -0.25) is 4.79 Å². The monoisotopic (exact) mass is 424 g/mol. The molecular formula is C20H22F2N2O4S. The van der Waals surface area contributed by atoms with E-state index in [2.05, 4.69) is 10.0 Å². The molecule has 0 saturated heterocycles. The van der Waals surface area contributed by atoms with Gasteiger partial charge in [0.1, 0.15) is 5.75 Å². The van der Waals surface area contributed by atoms with Crippen LogP contribution in [0.4, 0.5) is 14.5 Å². The highest BCUT2D eigenvalue weighted by molar-refractivity contribution is 7.89. The summed E-state index contributed by atoms with van der Waals surface area (Å²) in [5.41, 5.74) is 0.550. The summed E-state index contributed by atoms with van der Waals surface area (Å²) >= 11 is 0. The molecule has 1 fully saturated rings. The molecule has 3 rings (SSSR count). The highest BCUT2D eigenvalue weighted by atomic mass is 32.2. The maximum atomic E-state index is 13.2. The molecule has 29 heavy (non-hydrogen) atoms. The van der Waals surface area contributed by atoms with Crippen molar-refractivity contribution in [3.05, 3.63) is 54.1 Å². The molecule has 2 N–H and O–H groups in total. The molecule has 2 aromatic carbocycles. The van der Waals surface area contributed by atoms with E-state index in [4.69, 9.17) is 4.74 Å². The normalized spacial score (nSPS) is 14.7. The molecule has 0 aliphatic heterocycles. The summed E-state index contributed by atoms with van der Waals surface area (Å²) in [7, 11) is -4.04. The molecule has 6 nitrogen and oxygen atoms in total. The van der Waals surface area contributed by atoms with Crippen LogP contribution in [0, 0.1) is 11.6 Å². The molecule has 0 bridgehead atoms. The van der Waals surface area contributed by atoms with Crippen LogP contribution in [0.2, 0.25) is 0 Å². The summed E-state index contributed by atoms with van der Waals surface area (Å²) in [6, 6.07) is 9.31. The second kappa shape index (κ2) is 9.32. The quantitative estimate of drug-likeness (QED) is 0.678. The maximum Gasteiger partial charge on any atom is 0.240 e. The van der Waals surface area contributed by atoms with Crippen molar-refractivity contribution in [1.82, 2.24) is 4.72 Å². The van der Waals surface area contributed by atoms with E-state index in [1.165, 1.54) is 0 Å². The van der Waals surface area contributed by atoms with Crippen molar-refractivity contribution in [2.45, 2.75) is 43.1 Å². The van der Waals surface area contributed by atoms with Crippen LogP contribution >= 0.6 is 0 Å². The van der Waals surface area contributed by atoms with E-state index >= 15 is 0 Å². The predicted octanol–water partition coefficient (Wildman–Crippen LogP) is 3.59. The second-order valence-electron chi connectivity index (χ2n) is 6.82. The van der Waals surface area contributed by atoms with Crippen molar-refractivity contribution in [1.29, 1.82) is 0 Å². The van der Waals surface area contributed by atoms with Gasteiger partial charge >= 0.3 is 0 Å². The van der Waals surface area contributed by atoms with Gasteiger partial charge in [-0.2, -0.15) is 0 Å². The topological polar surface area (TPSA) is 84.5 Å². The molecule has 0 radical (unpaired) electrons.